The maximum absolute atomic E-state index is 12.9. The first-order chi connectivity index (χ1) is 11.0. The summed E-state index contributed by atoms with van der Waals surface area (Å²) in [5, 5.41) is 9.72. The summed E-state index contributed by atoms with van der Waals surface area (Å²) < 4.78 is 5.91. The molecule has 2 aromatic carbocycles. The summed E-state index contributed by atoms with van der Waals surface area (Å²) >= 11 is 0. The van der Waals surface area contributed by atoms with E-state index in [9.17, 15) is 9.90 Å². The fourth-order valence-corrected chi connectivity index (χ4v) is 2.97. The second kappa shape index (κ2) is 5.95. The summed E-state index contributed by atoms with van der Waals surface area (Å²) in [5.74, 6) is 0.648. The van der Waals surface area contributed by atoms with Crippen LogP contribution in [0.1, 0.15) is 25.0 Å². The third kappa shape index (κ3) is 2.89. The van der Waals surface area contributed by atoms with E-state index in [1.807, 2.05) is 45.0 Å². The van der Waals surface area contributed by atoms with Crippen molar-refractivity contribution >= 4 is 11.6 Å². The van der Waals surface area contributed by atoms with E-state index in [1.165, 1.54) is 0 Å². The van der Waals surface area contributed by atoms with Gasteiger partial charge in [0.15, 0.2) is 6.10 Å². The van der Waals surface area contributed by atoms with Crippen LogP contribution in [-0.4, -0.2) is 23.2 Å². The molecular weight excluding hydrogens is 290 g/mol. The van der Waals surface area contributed by atoms with Crippen molar-refractivity contribution in [1.29, 1.82) is 0 Å². The van der Waals surface area contributed by atoms with Gasteiger partial charge in [0.05, 0.1) is 5.69 Å². The molecule has 1 aliphatic rings. The number of aryl methyl sites for hydroxylation is 1. The van der Waals surface area contributed by atoms with Gasteiger partial charge in [-0.15, -0.1) is 0 Å². The van der Waals surface area contributed by atoms with Crippen molar-refractivity contribution in [3.8, 4) is 11.5 Å². The van der Waals surface area contributed by atoms with Crippen molar-refractivity contribution < 1.29 is 14.6 Å². The number of carbonyl (C=O) groups is 1. The van der Waals surface area contributed by atoms with E-state index < -0.39 is 6.10 Å². The lowest BCUT2D eigenvalue weighted by Gasteiger charge is -2.37. The van der Waals surface area contributed by atoms with E-state index in [-0.39, 0.29) is 17.7 Å². The van der Waals surface area contributed by atoms with Gasteiger partial charge in [-0.25, -0.2) is 0 Å². The fraction of sp³-hybridized carbons (Fsp3) is 0.316. The minimum atomic E-state index is -0.576. The van der Waals surface area contributed by atoms with E-state index in [0.29, 0.717) is 17.9 Å². The van der Waals surface area contributed by atoms with Crippen LogP contribution >= 0.6 is 0 Å². The van der Waals surface area contributed by atoms with Crippen molar-refractivity contribution in [1.82, 2.24) is 0 Å². The Morgan fingerprint density at radius 3 is 2.65 bits per heavy atom. The second-order valence-corrected chi connectivity index (χ2v) is 6.19. The van der Waals surface area contributed by atoms with Crippen LogP contribution in [-0.2, 0) is 11.2 Å². The third-order valence-corrected chi connectivity index (χ3v) is 4.17. The Labute approximate surface area is 136 Å². The second-order valence-electron chi connectivity index (χ2n) is 6.19. The molecule has 3 rings (SSSR count). The molecule has 1 amide bonds. The maximum atomic E-state index is 12.9. The number of amides is 1. The van der Waals surface area contributed by atoms with Crippen LogP contribution in [0.4, 0.5) is 5.69 Å². The molecule has 1 aliphatic heterocycles. The van der Waals surface area contributed by atoms with E-state index in [1.54, 1.807) is 23.1 Å². The molecule has 0 bridgehead atoms. The van der Waals surface area contributed by atoms with Gasteiger partial charge in [0.1, 0.15) is 11.5 Å². The standard InChI is InChI=1S/C19H21NO3/c1-12(2)20-16-9-8-15(21)11-17(16)23-18(19(20)22)10-14-7-5-4-6-13(14)3/h4-9,11-12,18,21H,10H2,1-3H3. The van der Waals surface area contributed by atoms with Crippen LogP contribution in [0.15, 0.2) is 42.5 Å². The van der Waals surface area contributed by atoms with E-state index in [2.05, 4.69) is 0 Å². The van der Waals surface area contributed by atoms with Crippen molar-refractivity contribution in [3.05, 3.63) is 53.6 Å². The molecule has 0 saturated carbocycles. The molecule has 4 heteroatoms. The number of benzene rings is 2. The molecule has 0 aromatic heterocycles. The number of carbonyl (C=O) groups excluding carboxylic acids is 1. The average molecular weight is 311 g/mol. The molecule has 4 nitrogen and oxygen atoms in total. The predicted octanol–water partition coefficient (Wildman–Crippen LogP) is 3.45. The number of fused-ring (bicyclic) bond motifs is 1. The number of anilines is 1. The van der Waals surface area contributed by atoms with Crippen LogP contribution in [0.3, 0.4) is 0 Å². The zero-order chi connectivity index (χ0) is 16.6. The summed E-state index contributed by atoms with van der Waals surface area (Å²) in [7, 11) is 0. The van der Waals surface area contributed by atoms with E-state index in [0.717, 1.165) is 11.1 Å². The van der Waals surface area contributed by atoms with E-state index in [4.69, 9.17) is 4.74 Å². The number of rotatable bonds is 3. The highest BCUT2D eigenvalue weighted by Crippen LogP contribution is 2.38. The molecule has 23 heavy (non-hydrogen) atoms. The van der Waals surface area contributed by atoms with Gasteiger partial charge in [-0.2, -0.15) is 0 Å². The SMILES string of the molecule is Cc1ccccc1CC1Oc2cc(O)ccc2N(C(C)C)C1=O. The first-order valence-electron chi connectivity index (χ1n) is 7.84. The lowest BCUT2D eigenvalue weighted by atomic mass is 10.00. The van der Waals surface area contributed by atoms with Gasteiger partial charge >= 0.3 is 0 Å². The quantitative estimate of drug-likeness (QED) is 0.944. The molecule has 0 aliphatic carbocycles. The summed E-state index contributed by atoms with van der Waals surface area (Å²) in [6, 6.07) is 12.9. The summed E-state index contributed by atoms with van der Waals surface area (Å²) in [5.41, 5.74) is 2.95. The summed E-state index contributed by atoms with van der Waals surface area (Å²) in [4.78, 5) is 14.6. The largest absolute Gasteiger partial charge is 0.508 e. The van der Waals surface area contributed by atoms with Crippen LogP contribution in [0.25, 0.3) is 0 Å². The van der Waals surface area contributed by atoms with Gasteiger partial charge in [0.25, 0.3) is 5.91 Å². The van der Waals surface area contributed by atoms with Crippen molar-refractivity contribution in [2.24, 2.45) is 0 Å². The number of nitrogens with zero attached hydrogens (tertiary/aromatic N) is 1. The molecule has 120 valence electrons. The zero-order valence-electron chi connectivity index (χ0n) is 13.6. The van der Waals surface area contributed by atoms with Crippen LogP contribution in [0, 0.1) is 6.92 Å². The average Bonchev–Trinajstić information content (AvgIpc) is 2.50. The highest BCUT2D eigenvalue weighted by Gasteiger charge is 2.36. The Morgan fingerprint density at radius 1 is 1.22 bits per heavy atom. The zero-order valence-corrected chi connectivity index (χ0v) is 13.6. The Hall–Kier alpha value is -2.49. The summed E-state index contributed by atoms with van der Waals surface area (Å²) in [6.07, 6.45) is -0.0584. The fourth-order valence-electron chi connectivity index (χ4n) is 2.97. The number of aromatic hydroxyl groups is 1. The molecule has 0 spiro atoms. The van der Waals surface area contributed by atoms with Gasteiger partial charge < -0.3 is 14.7 Å². The van der Waals surface area contributed by atoms with Crippen molar-refractivity contribution in [2.45, 2.75) is 39.3 Å². The van der Waals surface area contributed by atoms with Gasteiger partial charge in [-0.1, -0.05) is 24.3 Å². The monoisotopic (exact) mass is 311 g/mol. The number of phenols is 1. The maximum Gasteiger partial charge on any atom is 0.268 e. The molecule has 0 saturated heterocycles. The number of ether oxygens (including phenoxy) is 1. The lowest BCUT2D eigenvalue weighted by molar-refractivity contribution is -0.126. The third-order valence-electron chi connectivity index (χ3n) is 4.17. The van der Waals surface area contributed by atoms with Crippen LogP contribution < -0.4 is 9.64 Å². The highest BCUT2D eigenvalue weighted by molar-refractivity contribution is 6.00. The van der Waals surface area contributed by atoms with Crippen LogP contribution in [0.5, 0.6) is 11.5 Å². The lowest BCUT2D eigenvalue weighted by Crippen LogP contribution is -2.50. The van der Waals surface area contributed by atoms with Gasteiger partial charge in [0.2, 0.25) is 0 Å². The van der Waals surface area contributed by atoms with E-state index >= 15 is 0 Å². The Morgan fingerprint density at radius 2 is 1.96 bits per heavy atom. The minimum absolute atomic E-state index is 0.0223. The normalized spacial score (nSPS) is 17.1. The molecule has 0 fully saturated rings. The van der Waals surface area contributed by atoms with Crippen LogP contribution in [0.2, 0.25) is 0 Å². The first kappa shape index (κ1) is 15.4. The topological polar surface area (TPSA) is 49.8 Å². The minimum Gasteiger partial charge on any atom is -0.508 e. The molecule has 1 N–H and O–H groups in total. The highest BCUT2D eigenvalue weighted by atomic mass is 16.5. The number of phenolic OH excluding ortho intramolecular Hbond substituents is 1. The smallest absolute Gasteiger partial charge is 0.268 e. The Kier molecular flexibility index (Phi) is 3.99. The number of hydrogen-bond acceptors (Lipinski definition) is 3. The molecule has 0 radical (unpaired) electrons. The van der Waals surface area contributed by atoms with Crippen molar-refractivity contribution in [3.63, 3.8) is 0 Å². The Balaban J connectivity index is 1.97. The molecule has 1 heterocycles. The van der Waals surface area contributed by atoms with Gasteiger partial charge in [-0.3, -0.25) is 4.79 Å². The molecule has 1 atom stereocenters. The Bertz CT molecular complexity index is 739. The number of hydrogen-bond donors (Lipinski definition) is 1. The van der Waals surface area contributed by atoms with Gasteiger partial charge in [-0.05, 0) is 44.0 Å². The summed E-state index contributed by atoms with van der Waals surface area (Å²) in [6.45, 7) is 5.98. The molecule has 1 unspecified atom stereocenters. The van der Waals surface area contributed by atoms with Crippen molar-refractivity contribution in [2.75, 3.05) is 4.90 Å². The predicted molar refractivity (Wildman–Crippen MR) is 90.0 cm³/mol. The first-order valence-corrected chi connectivity index (χ1v) is 7.84. The molecule has 2 aromatic rings. The van der Waals surface area contributed by atoms with Gasteiger partial charge in [0, 0.05) is 18.5 Å². The molecular formula is C19H21NO3.